The van der Waals surface area contributed by atoms with Crippen LogP contribution in [0.4, 0.5) is 13.2 Å². The Kier molecular flexibility index (Phi) is 7.70. The molecule has 0 N–H and O–H groups in total. The Balaban J connectivity index is 1.91. The highest BCUT2D eigenvalue weighted by atomic mass is 19.4. The van der Waals surface area contributed by atoms with Gasteiger partial charge in [0.05, 0.1) is 30.0 Å². The van der Waals surface area contributed by atoms with Gasteiger partial charge in [0, 0.05) is 31.1 Å². The predicted molar refractivity (Wildman–Crippen MR) is 116 cm³/mol. The fourth-order valence-corrected chi connectivity index (χ4v) is 4.48. The first-order chi connectivity index (χ1) is 15.9. The SMILES string of the molecule is CCOC(=O)C1=C(C)N(CC(=O)N2CC(C)OC(C)C2)C(=O)CC1c1ccc(C(F)(F)F)cc1. The number of carbonyl (C=O) groups is 3. The number of carbonyl (C=O) groups excluding carboxylic acids is 3. The second-order valence-corrected chi connectivity index (χ2v) is 8.63. The monoisotopic (exact) mass is 482 g/mol. The number of allylic oxidation sites excluding steroid dienone is 1. The van der Waals surface area contributed by atoms with Crippen LogP contribution in [0, 0.1) is 0 Å². The Labute approximate surface area is 196 Å². The number of esters is 1. The van der Waals surface area contributed by atoms with E-state index < -0.39 is 29.5 Å². The molecule has 0 radical (unpaired) electrons. The number of morpholine rings is 1. The van der Waals surface area contributed by atoms with Crippen molar-refractivity contribution in [3.63, 3.8) is 0 Å². The van der Waals surface area contributed by atoms with Crippen LogP contribution in [0.2, 0.25) is 0 Å². The molecular formula is C24H29F3N2O5. The molecule has 0 saturated carbocycles. The molecule has 2 amide bonds. The van der Waals surface area contributed by atoms with Gasteiger partial charge in [0.25, 0.3) is 0 Å². The van der Waals surface area contributed by atoms with Gasteiger partial charge in [-0.05, 0) is 45.4 Å². The fraction of sp³-hybridized carbons (Fsp3) is 0.542. The summed E-state index contributed by atoms with van der Waals surface area (Å²) in [6, 6.07) is 4.39. The van der Waals surface area contributed by atoms with Gasteiger partial charge in [0.2, 0.25) is 11.8 Å². The number of hydrogen-bond acceptors (Lipinski definition) is 5. The van der Waals surface area contributed by atoms with Gasteiger partial charge in [-0.1, -0.05) is 12.1 Å². The summed E-state index contributed by atoms with van der Waals surface area (Å²) in [6.07, 6.45) is -4.94. The Bertz CT molecular complexity index is 964. The third-order valence-electron chi connectivity index (χ3n) is 6.02. The smallest absolute Gasteiger partial charge is 0.416 e. The van der Waals surface area contributed by atoms with E-state index in [0.29, 0.717) is 18.7 Å². The first-order valence-corrected chi connectivity index (χ1v) is 11.2. The summed E-state index contributed by atoms with van der Waals surface area (Å²) in [5, 5.41) is 0. The quantitative estimate of drug-likeness (QED) is 0.601. The molecule has 7 nitrogen and oxygen atoms in total. The zero-order chi connectivity index (χ0) is 25.2. The molecule has 10 heteroatoms. The molecule has 2 aliphatic rings. The number of nitrogens with zero attached hydrogens (tertiary/aromatic N) is 2. The molecule has 1 aromatic carbocycles. The summed E-state index contributed by atoms with van der Waals surface area (Å²) in [4.78, 5) is 41.7. The van der Waals surface area contributed by atoms with Crippen molar-refractivity contribution < 1.29 is 37.0 Å². The first kappa shape index (κ1) is 25.7. The van der Waals surface area contributed by atoms with Crippen LogP contribution in [0.15, 0.2) is 35.5 Å². The predicted octanol–water partition coefficient (Wildman–Crippen LogP) is 3.49. The van der Waals surface area contributed by atoms with Crippen LogP contribution in [-0.4, -0.2) is 66.0 Å². The number of halogens is 3. The van der Waals surface area contributed by atoms with Crippen LogP contribution < -0.4 is 0 Å². The van der Waals surface area contributed by atoms with Gasteiger partial charge in [-0.2, -0.15) is 13.2 Å². The molecule has 1 saturated heterocycles. The lowest BCUT2D eigenvalue weighted by molar-refractivity contribution is -0.148. The summed E-state index contributed by atoms with van der Waals surface area (Å²) in [5.74, 6) is -2.10. The molecule has 3 rings (SSSR count). The van der Waals surface area contributed by atoms with Crippen LogP contribution in [0.3, 0.4) is 0 Å². The maximum Gasteiger partial charge on any atom is 0.416 e. The molecule has 3 unspecified atom stereocenters. The van der Waals surface area contributed by atoms with Gasteiger partial charge in [-0.15, -0.1) is 0 Å². The Morgan fingerprint density at radius 3 is 2.24 bits per heavy atom. The lowest BCUT2D eigenvalue weighted by atomic mass is 9.83. The Hall–Kier alpha value is -2.88. The summed E-state index contributed by atoms with van der Waals surface area (Å²) in [6.45, 7) is 7.55. The van der Waals surface area contributed by atoms with Crippen molar-refractivity contribution >= 4 is 17.8 Å². The lowest BCUT2D eigenvalue weighted by Gasteiger charge is -2.38. The third-order valence-corrected chi connectivity index (χ3v) is 6.02. The van der Waals surface area contributed by atoms with Crippen molar-refractivity contribution in [2.24, 2.45) is 0 Å². The van der Waals surface area contributed by atoms with E-state index in [2.05, 4.69) is 0 Å². The molecule has 2 heterocycles. The average molecular weight is 482 g/mol. The molecule has 0 spiro atoms. The van der Waals surface area contributed by atoms with E-state index in [0.717, 1.165) is 12.1 Å². The summed E-state index contributed by atoms with van der Waals surface area (Å²) >= 11 is 0. The van der Waals surface area contributed by atoms with Gasteiger partial charge < -0.3 is 19.3 Å². The second kappa shape index (κ2) is 10.2. The van der Waals surface area contributed by atoms with Gasteiger partial charge in [0.15, 0.2) is 0 Å². The molecule has 1 aromatic rings. The molecule has 0 bridgehead atoms. The minimum Gasteiger partial charge on any atom is -0.463 e. The molecule has 0 aliphatic carbocycles. The number of alkyl halides is 3. The van der Waals surface area contributed by atoms with Gasteiger partial charge in [-0.25, -0.2) is 4.79 Å². The summed E-state index contributed by atoms with van der Waals surface area (Å²) < 4.78 is 49.8. The van der Waals surface area contributed by atoms with Crippen molar-refractivity contribution in [3.8, 4) is 0 Å². The van der Waals surface area contributed by atoms with E-state index in [-0.39, 0.29) is 49.0 Å². The van der Waals surface area contributed by atoms with Crippen LogP contribution in [-0.2, 0) is 30.0 Å². The molecule has 186 valence electrons. The zero-order valence-corrected chi connectivity index (χ0v) is 19.6. The molecule has 3 atom stereocenters. The largest absolute Gasteiger partial charge is 0.463 e. The number of ether oxygens (including phenoxy) is 2. The molecule has 1 fully saturated rings. The van der Waals surface area contributed by atoms with Crippen LogP contribution in [0.25, 0.3) is 0 Å². The summed E-state index contributed by atoms with van der Waals surface area (Å²) in [5.41, 5.74) is 0.00329. The van der Waals surface area contributed by atoms with Crippen LogP contribution >= 0.6 is 0 Å². The fourth-order valence-electron chi connectivity index (χ4n) is 4.48. The lowest BCUT2D eigenvalue weighted by Crippen LogP contribution is -2.52. The minimum atomic E-state index is -4.50. The highest BCUT2D eigenvalue weighted by Gasteiger charge is 2.39. The highest BCUT2D eigenvalue weighted by Crippen LogP contribution is 2.38. The average Bonchev–Trinajstić information content (AvgIpc) is 2.75. The first-order valence-electron chi connectivity index (χ1n) is 11.2. The van der Waals surface area contributed by atoms with E-state index in [4.69, 9.17) is 9.47 Å². The molecule has 2 aliphatic heterocycles. The van der Waals surface area contributed by atoms with Crippen molar-refractivity contribution in [2.45, 2.75) is 58.4 Å². The van der Waals surface area contributed by atoms with Gasteiger partial charge in [0.1, 0.15) is 6.54 Å². The van der Waals surface area contributed by atoms with Crippen molar-refractivity contribution in [2.75, 3.05) is 26.2 Å². The van der Waals surface area contributed by atoms with Crippen molar-refractivity contribution in [1.82, 2.24) is 9.80 Å². The van der Waals surface area contributed by atoms with E-state index in [1.807, 2.05) is 13.8 Å². The zero-order valence-electron chi connectivity index (χ0n) is 19.6. The number of rotatable bonds is 5. The minimum absolute atomic E-state index is 0.0891. The standard InChI is InChI=1S/C24H29F3N2O5/c1-5-33-23(32)22-16(4)29(13-21(31)28-11-14(2)34-15(3)12-28)20(30)10-19(22)17-6-8-18(9-7-17)24(25,26)27/h6-9,14-15,19H,5,10-13H2,1-4H3. The van der Waals surface area contributed by atoms with Crippen LogP contribution in [0.1, 0.15) is 51.2 Å². The third kappa shape index (κ3) is 5.60. The van der Waals surface area contributed by atoms with Gasteiger partial charge >= 0.3 is 12.1 Å². The summed E-state index contributed by atoms with van der Waals surface area (Å²) in [7, 11) is 0. The second-order valence-electron chi connectivity index (χ2n) is 8.63. The van der Waals surface area contributed by atoms with E-state index in [9.17, 15) is 27.6 Å². The maximum atomic E-state index is 13.1. The number of amides is 2. The van der Waals surface area contributed by atoms with Gasteiger partial charge in [-0.3, -0.25) is 9.59 Å². The van der Waals surface area contributed by atoms with E-state index in [1.165, 1.54) is 17.0 Å². The van der Waals surface area contributed by atoms with Crippen LogP contribution in [0.5, 0.6) is 0 Å². The molecular weight excluding hydrogens is 453 g/mol. The van der Waals surface area contributed by atoms with E-state index in [1.54, 1.807) is 18.7 Å². The number of benzene rings is 1. The topological polar surface area (TPSA) is 76.2 Å². The molecule has 0 aromatic heterocycles. The molecule has 34 heavy (non-hydrogen) atoms. The normalized spacial score (nSPS) is 23.9. The van der Waals surface area contributed by atoms with Crippen molar-refractivity contribution in [3.05, 3.63) is 46.7 Å². The Morgan fingerprint density at radius 2 is 1.71 bits per heavy atom. The number of hydrogen-bond donors (Lipinski definition) is 0. The van der Waals surface area contributed by atoms with Crippen molar-refractivity contribution in [1.29, 1.82) is 0 Å². The highest BCUT2D eigenvalue weighted by molar-refractivity contribution is 5.97. The Morgan fingerprint density at radius 1 is 1.12 bits per heavy atom. The maximum absolute atomic E-state index is 13.1. The van der Waals surface area contributed by atoms with E-state index >= 15 is 0 Å².